The van der Waals surface area contributed by atoms with Gasteiger partial charge in [-0.15, -0.1) is 0 Å². The molecule has 1 aliphatic rings. The first kappa shape index (κ1) is 23.7. The molecule has 0 aliphatic carbocycles. The standard InChI is InChI=1S/C25H32FN3O3/c1-18(30)29-16-23(20-7-5-19(6-8-20)15-27(2)3)24(17-29)25(31)28(4)13-14-32-22-11-9-21(26)10-12-22/h5-12,23-24H,13-17H2,1-4H3/t23-,24+/m1/s1. The molecule has 0 bridgehead atoms. The van der Waals surface area contributed by atoms with Crippen LogP contribution >= 0.6 is 0 Å². The van der Waals surface area contributed by atoms with Crippen LogP contribution in [0.2, 0.25) is 0 Å². The van der Waals surface area contributed by atoms with Gasteiger partial charge in [-0.1, -0.05) is 24.3 Å². The number of likely N-dealkylation sites (N-methyl/N-ethyl adjacent to an activating group) is 1. The number of rotatable bonds is 8. The molecule has 2 amide bonds. The van der Waals surface area contributed by atoms with E-state index in [4.69, 9.17) is 4.74 Å². The summed E-state index contributed by atoms with van der Waals surface area (Å²) in [5.74, 6) is -0.112. The summed E-state index contributed by atoms with van der Waals surface area (Å²) in [4.78, 5) is 30.8. The molecule has 32 heavy (non-hydrogen) atoms. The zero-order chi connectivity index (χ0) is 23.3. The van der Waals surface area contributed by atoms with Gasteiger partial charge in [0.15, 0.2) is 0 Å². The van der Waals surface area contributed by atoms with Gasteiger partial charge in [0.25, 0.3) is 0 Å². The first-order valence-electron chi connectivity index (χ1n) is 10.9. The maximum absolute atomic E-state index is 13.3. The number of halogens is 1. The normalized spacial score (nSPS) is 18.1. The summed E-state index contributed by atoms with van der Waals surface area (Å²) in [5.41, 5.74) is 2.28. The molecule has 0 N–H and O–H groups in total. The summed E-state index contributed by atoms with van der Waals surface area (Å²) in [7, 11) is 5.81. The molecule has 0 spiro atoms. The van der Waals surface area contributed by atoms with Crippen LogP contribution in [0.5, 0.6) is 5.75 Å². The average molecular weight is 442 g/mol. The summed E-state index contributed by atoms with van der Waals surface area (Å²) in [6, 6.07) is 14.1. The SMILES string of the molecule is CC(=O)N1C[C@H](C(=O)N(C)CCOc2ccc(F)cc2)[C@@H](c2ccc(CN(C)C)cc2)C1. The molecule has 2 aromatic carbocycles. The zero-order valence-electron chi connectivity index (χ0n) is 19.3. The predicted octanol–water partition coefficient (Wildman–Crippen LogP) is 2.99. The van der Waals surface area contributed by atoms with Gasteiger partial charge in [-0.3, -0.25) is 9.59 Å². The summed E-state index contributed by atoms with van der Waals surface area (Å²) in [6.45, 7) is 4.07. The zero-order valence-corrected chi connectivity index (χ0v) is 19.3. The van der Waals surface area contributed by atoms with Gasteiger partial charge in [0, 0.05) is 39.5 Å². The second kappa shape index (κ2) is 10.6. The van der Waals surface area contributed by atoms with Crippen LogP contribution in [0, 0.1) is 11.7 Å². The number of ether oxygens (including phenoxy) is 1. The van der Waals surface area contributed by atoms with Crippen LogP contribution in [0.25, 0.3) is 0 Å². The van der Waals surface area contributed by atoms with Gasteiger partial charge in [0.2, 0.25) is 11.8 Å². The van der Waals surface area contributed by atoms with Gasteiger partial charge in [-0.05, 0) is 49.5 Å². The Hall–Kier alpha value is -2.93. The molecule has 0 unspecified atom stereocenters. The van der Waals surface area contributed by atoms with Gasteiger partial charge >= 0.3 is 0 Å². The molecule has 2 atom stereocenters. The second-order valence-corrected chi connectivity index (χ2v) is 8.68. The van der Waals surface area contributed by atoms with Crippen molar-refractivity contribution < 1.29 is 18.7 Å². The molecule has 0 radical (unpaired) electrons. The highest BCUT2D eigenvalue weighted by Crippen LogP contribution is 2.34. The molecule has 2 aromatic rings. The number of hydrogen-bond acceptors (Lipinski definition) is 4. The number of likely N-dealkylation sites (tertiary alicyclic amines) is 1. The Morgan fingerprint density at radius 1 is 1.03 bits per heavy atom. The molecule has 1 aliphatic heterocycles. The van der Waals surface area contributed by atoms with Crippen molar-refractivity contribution in [2.45, 2.75) is 19.4 Å². The lowest BCUT2D eigenvalue weighted by atomic mass is 9.87. The second-order valence-electron chi connectivity index (χ2n) is 8.68. The lowest BCUT2D eigenvalue weighted by Crippen LogP contribution is -2.38. The van der Waals surface area contributed by atoms with Crippen molar-refractivity contribution in [2.75, 3.05) is 47.4 Å². The number of amides is 2. The quantitative estimate of drug-likeness (QED) is 0.632. The minimum Gasteiger partial charge on any atom is -0.492 e. The summed E-state index contributed by atoms with van der Waals surface area (Å²) < 4.78 is 18.7. The third kappa shape index (κ3) is 6.07. The van der Waals surface area contributed by atoms with E-state index in [1.807, 2.05) is 14.1 Å². The van der Waals surface area contributed by atoms with E-state index in [2.05, 4.69) is 29.2 Å². The van der Waals surface area contributed by atoms with E-state index in [1.165, 1.54) is 17.7 Å². The molecular weight excluding hydrogens is 409 g/mol. The topological polar surface area (TPSA) is 53.1 Å². The van der Waals surface area contributed by atoms with Gasteiger partial charge in [0.1, 0.15) is 18.2 Å². The third-order valence-electron chi connectivity index (χ3n) is 5.87. The molecule has 1 fully saturated rings. The average Bonchev–Trinajstić information content (AvgIpc) is 3.20. The van der Waals surface area contributed by atoms with E-state index in [0.717, 1.165) is 12.1 Å². The molecule has 172 valence electrons. The van der Waals surface area contributed by atoms with Crippen LogP contribution in [0.3, 0.4) is 0 Å². The van der Waals surface area contributed by atoms with Crippen molar-refractivity contribution in [3.63, 3.8) is 0 Å². The fraction of sp³-hybridized carbons (Fsp3) is 0.440. The van der Waals surface area contributed by atoms with Crippen LogP contribution in [0.4, 0.5) is 4.39 Å². The smallest absolute Gasteiger partial charge is 0.228 e. The van der Waals surface area contributed by atoms with Crippen LogP contribution in [-0.4, -0.2) is 73.9 Å². The predicted molar refractivity (Wildman–Crippen MR) is 122 cm³/mol. The Balaban J connectivity index is 1.65. The molecular formula is C25H32FN3O3. The van der Waals surface area contributed by atoms with Crippen molar-refractivity contribution in [3.05, 3.63) is 65.5 Å². The van der Waals surface area contributed by atoms with Crippen LogP contribution in [-0.2, 0) is 16.1 Å². The third-order valence-corrected chi connectivity index (χ3v) is 5.87. The Morgan fingerprint density at radius 2 is 1.69 bits per heavy atom. The van der Waals surface area contributed by atoms with Crippen molar-refractivity contribution in [1.82, 2.24) is 14.7 Å². The highest BCUT2D eigenvalue weighted by molar-refractivity contribution is 5.82. The first-order valence-corrected chi connectivity index (χ1v) is 10.9. The van der Waals surface area contributed by atoms with Gasteiger partial charge in [0.05, 0.1) is 12.5 Å². The van der Waals surface area contributed by atoms with Gasteiger partial charge in [-0.25, -0.2) is 4.39 Å². The van der Waals surface area contributed by atoms with Gasteiger partial charge < -0.3 is 19.4 Å². The molecule has 1 saturated heterocycles. The Labute approximate surface area is 189 Å². The molecule has 0 aromatic heterocycles. The highest BCUT2D eigenvalue weighted by atomic mass is 19.1. The number of hydrogen-bond donors (Lipinski definition) is 0. The van der Waals surface area contributed by atoms with Crippen molar-refractivity contribution >= 4 is 11.8 Å². The molecule has 0 saturated carbocycles. The molecule has 3 rings (SSSR count). The maximum Gasteiger partial charge on any atom is 0.228 e. The van der Waals surface area contributed by atoms with Crippen molar-refractivity contribution in [1.29, 1.82) is 0 Å². The fourth-order valence-electron chi connectivity index (χ4n) is 4.11. The van der Waals surface area contributed by atoms with E-state index in [1.54, 1.807) is 35.9 Å². The largest absolute Gasteiger partial charge is 0.492 e. The van der Waals surface area contributed by atoms with Crippen molar-refractivity contribution in [2.24, 2.45) is 5.92 Å². The number of carbonyl (C=O) groups is 2. The minimum atomic E-state index is -0.318. The highest BCUT2D eigenvalue weighted by Gasteiger charge is 2.40. The van der Waals surface area contributed by atoms with Gasteiger partial charge in [-0.2, -0.15) is 0 Å². The first-order chi connectivity index (χ1) is 15.2. The van der Waals surface area contributed by atoms with E-state index in [-0.39, 0.29) is 29.5 Å². The van der Waals surface area contributed by atoms with Crippen LogP contribution < -0.4 is 4.74 Å². The van der Waals surface area contributed by atoms with Crippen LogP contribution in [0.1, 0.15) is 24.0 Å². The minimum absolute atomic E-state index is 0.00109. The molecule has 7 heteroatoms. The monoisotopic (exact) mass is 441 g/mol. The Morgan fingerprint density at radius 3 is 2.28 bits per heavy atom. The van der Waals surface area contributed by atoms with E-state index in [9.17, 15) is 14.0 Å². The van der Waals surface area contributed by atoms with E-state index < -0.39 is 0 Å². The molecule has 6 nitrogen and oxygen atoms in total. The summed E-state index contributed by atoms with van der Waals surface area (Å²) in [6.07, 6.45) is 0. The number of carbonyl (C=O) groups excluding carboxylic acids is 2. The lowest BCUT2D eigenvalue weighted by Gasteiger charge is -2.25. The maximum atomic E-state index is 13.3. The summed E-state index contributed by atoms with van der Waals surface area (Å²) >= 11 is 0. The summed E-state index contributed by atoms with van der Waals surface area (Å²) in [5, 5.41) is 0. The molecule has 1 heterocycles. The van der Waals surface area contributed by atoms with Crippen molar-refractivity contribution in [3.8, 4) is 5.75 Å². The lowest BCUT2D eigenvalue weighted by molar-refractivity contribution is -0.134. The number of benzene rings is 2. The fourth-order valence-corrected chi connectivity index (χ4v) is 4.11. The van der Waals surface area contributed by atoms with Crippen LogP contribution in [0.15, 0.2) is 48.5 Å². The Bertz CT molecular complexity index is 915. The number of nitrogens with zero attached hydrogens (tertiary/aromatic N) is 3. The van der Waals surface area contributed by atoms with E-state index in [0.29, 0.717) is 32.0 Å². The Kier molecular flexibility index (Phi) is 7.85. The van der Waals surface area contributed by atoms with E-state index >= 15 is 0 Å².